The lowest BCUT2D eigenvalue weighted by Crippen LogP contribution is -2.41. The molecule has 0 aliphatic carbocycles. The fraction of sp³-hybridized carbons (Fsp3) is 0.259. The van der Waals surface area contributed by atoms with E-state index in [1.54, 1.807) is 49.3 Å². The number of ether oxygens (including phenoxy) is 1. The van der Waals surface area contributed by atoms with Crippen molar-refractivity contribution < 1.29 is 23.9 Å². The molecule has 8 heteroatoms. The number of rotatable bonds is 6. The highest BCUT2D eigenvalue weighted by atomic mass is 16.5. The molecule has 8 nitrogen and oxygen atoms in total. The topological polar surface area (TPSA) is 96.0 Å². The van der Waals surface area contributed by atoms with Crippen LogP contribution >= 0.6 is 0 Å². The number of anilines is 1. The maximum atomic E-state index is 13.4. The average Bonchev–Trinajstić information content (AvgIpc) is 3.39. The first kappa shape index (κ1) is 22.6. The van der Waals surface area contributed by atoms with Gasteiger partial charge in [0, 0.05) is 24.2 Å². The van der Waals surface area contributed by atoms with E-state index in [9.17, 15) is 19.2 Å². The van der Waals surface area contributed by atoms with Crippen LogP contribution in [-0.4, -0.2) is 48.7 Å². The largest absolute Gasteiger partial charge is 0.497 e. The molecule has 5 rings (SSSR count). The fourth-order valence-corrected chi connectivity index (χ4v) is 4.70. The number of imide groups is 1. The minimum atomic E-state index is -1.30. The van der Waals surface area contributed by atoms with Crippen LogP contribution in [0.15, 0.2) is 60.7 Å². The Kier molecular flexibility index (Phi) is 5.51. The van der Waals surface area contributed by atoms with E-state index in [4.69, 9.17) is 4.74 Å². The van der Waals surface area contributed by atoms with Gasteiger partial charge in [0.25, 0.3) is 5.91 Å². The van der Waals surface area contributed by atoms with Gasteiger partial charge in [-0.25, -0.2) is 4.79 Å². The number of fused-ring (bicyclic) bond motifs is 1. The molecule has 2 aliphatic rings. The van der Waals surface area contributed by atoms with Crippen molar-refractivity contribution >= 4 is 40.1 Å². The molecule has 3 aromatic rings. The van der Waals surface area contributed by atoms with E-state index >= 15 is 0 Å². The first-order valence-corrected chi connectivity index (χ1v) is 11.5. The van der Waals surface area contributed by atoms with Crippen LogP contribution in [0.5, 0.6) is 5.75 Å². The highest BCUT2D eigenvalue weighted by Gasteiger charge is 2.49. The molecule has 2 aliphatic heterocycles. The summed E-state index contributed by atoms with van der Waals surface area (Å²) in [5, 5.41) is 4.60. The number of amides is 4. The summed E-state index contributed by atoms with van der Waals surface area (Å²) in [7, 11) is 1.60. The van der Waals surface area contributed by atoms with Crippen molar-refractivity contribution in [1.29, 1.82) is 0 Å². The lowest BCUT2D eigenvalue weighted by molar-refractivity contribution is -0.130. The smallest absolute Gasteiger partial charge is 0.325 e. The Bertz CT molecular complexity index is 1380. The van der Waals surface area contributed by atoms with Gasteiger partial charge >= 0.3 is 6.03 Å². The molecule has 0 aromatic heterocycles. The molecule has 0 unspecified atom stereocenters. The molecule has 1 N–H and O–H groups in total. The Morgan fingerprint density at radius 2 is 1.80 bits per heavy atom. The lowest BCUT2D eigenvalue weighted by Gasteiger charge is -2.23. The number of Topliss-reactive ketones (excluding diaryl/α,β-unsaturated/α-hetero) is 1. The van der Waals surface area contributed by atoms with Crippen molar-refractivity contribution in [3.05, 3.63) is 71.8 Å². The van der Waals surface area contributed by atoms with Crippen molar-refractivity contribution in [3.8, 4) is 5.75 Å². The van der Waals surface area contributed by atoms with E-state index in [0.717, 1.165) is 27.8 Å². The quantitative estimate of drug-likeness (QED) is 0.438. The molecule has 35 heavy (non-hydrogen) atoms. The number of urea groups is 1. The highest BCUT2D eigenvalue weighted by Crippen LogP contribution is 2.32. The van der Waals surface area contributed by atoms with Gasteiger partial charge in [-0.15, -0.1) is 0 Å². The van der Waals surface area contributed by atoms with Crippen LogP contribution in [0.2, 0.25) is 0 Å². The van der Waals surface area contributed by atoms with Crippen LogP contribution in [0.3, 0.4) is 0 Å². The van der Waals surface area contributed by atoms with Gasteiger partial charge in [0.1, 0.15) is 11.3 Å². The van der Waals surface area contributed by atoms with Crippen LogP contribution < -0.4 is 15.0 Å². The molecule has 2 saturated heterocycles. The van der Waals surface area contributed by atoms with Crippen molar-refractivity contribution in [1.82, 2.24) is 10.2 Å². The molecular weight excluding hydrogens is 446 g/mol. The second kappa shape index (κ2) is 8.54. The van der Waals surface area contributed by atoms with Crippen molar-refractivity contribution in [2.24, 2.45) is 0 Å². The van der Waals surface area contributed by atoms with Crippen LogP contribution in [0.4, 0.5) is 10.5 Å². The van der Waals surface area contributed by atoms with Gasteiger partial charge in [-0.1, -0.05) is 30.3 Å². The molecule has 0 saturated carbocycles. The number of hydrogen-bond donors (Lipinski definition) is 1. The predicted molar refractivity (Wildman–Crippen MR) is 130 cm³/mol. The molecule has 0 bridgehead atoms. The predicted octanol–water partition coefficient (Wildman–Crippen LogP) is 3.63. The zero-order valence-corrected chi connectivity index (χ0v) is 19.5. The summed E-state index contributed by atoms with van der Waals surface area (Å²) >= 11 is 0. The SMILES string of the molecule is COc1ccc2cc([C@]3(C)NC(=O)N(CC(=O)c4cccc(N5CCCC5=O)c4)C3=O)ccc2c1. The van der Waals surface area contributed by atoms with Crippen LogP contribution in [0, 0.1) is 0 Å². The molecule has 1 atom stereocenters. The number of carbonyl (C=O) groups is 4. The second-order valence-electron chi connectivity index (χ2n) is 9.00. The minimum Gasteiger partial charge on any atom is -0.497 e. The maximum Gasteiger partial charge on any atom is 0.325 e. The Labute approximate surface area is 202 Å². The van der Waals surface area contributed by atoms with Crippen molar-refractivity contribution in [3.63, 3.8) is 0 Å². The number of benzene rings is 3. The Hall–Kier alpha value is -4.20. The lowest BCUT2D eigenvalue weighted by atomic mass is 9.90. The van der Waals surface area contributed by atoms with Gasteiger partial charge in [0.2, 0.25) is 5.91 Å². The Morgan fingerprint density at radius 1 is 1.03 bits per heavy atom. The van der Waals surface area contributed by atoms with Gasteiger partial charge < -0.3 is 15.0 Å². The van der Waals surface area contributed by atoms with Gasteiger partial charge in [0.15, 0.2) is 5.78 Å². The molecule has 2 fully saturated rings. The zero-order valence-electron chi connectivity index (χ0n) is 19.5. The molecule has 0 spiro atoms. The van der Waals surface area contributed by atoms with Gasteiger partial charge in [0.05, 0.1) is 13.7 Å². The number of nitrogens with one attached hydrogen (secondary N) is 1. The standard InChI is InChI=1S/C27H25N3O5/c1-27(20-10-8-18-15-22(35-2)11-9-17(18)13-20)25(33)30(26(34)28-27)16-23(31)19-5-3-6-21(14-19)29-12-4-7-24(29)32/h3,5-6,8-11,13-15H,4,7,12,16H2,1-2H3,(H,28,34)/t27-/m0/s1. The highest BCUT2D eigenvalue weighted by molar-refractivity contribution is 6.11. The van der Waals surface area contributed by atoms with E-state index in [-0.39, 0.29) is 18.2 Å². The second-order valence-corrected chi connectivity index (χ2v) is 9.00. The zero-order chi connectivity index (χ0) is 24.7. The first-order chi connectivity index (χ1) is 16.8. The average molecular weight is 472 g/mol. The number of nitrogens with zero attached hydrogens (tertiary/aromatic N) is 2. The normalized spacial score (nSPS) is 20.0. The number of carbonyl (C=O) groups excluding carboxylic acids is 4. The van der Waals surface area contributed by atoms with E-state index in [1.165, 1.54) is 0 Å². The van der Waals surface area contributed by atoms with Crippen LogP contribution in [-0.2, 0) is 15.1 Å². The third-order valence-electron chi connectivity index (χ3n) is 6.75. The van der Waals surface area contributed by atoms with Crippen LogP contribution in [0.1, 0.15) is 35.7 Å². The third-order valence-corrected chi connectivity index (χ3v) is 6.75. The summed E-state index contributed by atoms with van der Waals surface area (Å²) in [5.41, 5.74) is 0.317. The molecule has 4 amide bonds. The fourth-order valence-electron chi connectivity index (χ4n) is 4.70. The van der Waals surface area contributed by atoms with E-state index < -0.39 is 17.5 Å². The molecular formula is C27H25N3O5. The number of ketones is 1. The maximum absolute atomic E-state index is 13.4. The number of hydrogen-bond acceptors (Lipinski definition) is 5. The summed E-state index contributed by atoms with van der Waals surface area (Å²) in [5.74, 6) is -0.121. The van der Waals surface area contributed by atoms with Gasteiger partial charge in [-0.2, -0.15) is 0 Å². The van der Waals surface area contributed by atoms with E-state index in [2.05, 4.69) is 5.32 Å². The molecule has 178 valence electrons. The van der Waals surface area contributed by atoms with Gasteiger partial charge in [-0.05, 0) is 60.0 Å². The third kappa shape index (κ3) is 3.90. The van der Waals surface area contributed by atoms with Crippen molar-refractivity contribution in [2.45, 2.75) is 25.3 Å². The molecule has 2 heterocycles. The summed E-state index contributed by atoms with van der Waals surface area (Å²) < 4.78 is 5.26. The summed E-state index contributed by atoms with van der Waals surface area (Å²) in [6.45, 7) is 1.87. The van der Waals surface area contributed by atoms with E-state index in [0.29, 0.717) is 29.8 Å². The minimum absolute atomic E-state index is 0.0216. The van der Waals surface area contributed by atoms with Gasteiger partial charge in [-0.3, -0.25) is 19.3 Å². The summed E-state index contributed by atoms with van der Waals surface area (Å²) in [6, 6.07) is 17.3. The monoisotopic (exact) mass is 471 g/mol. The molecule has 3 aromatic carbocycles. The number of methoxy groups -OCH3 is 1. The van der Waals surface area contributed by atoms with Crippen molar-refractivity contribution in [2.75, 3.05) is 25.1 Å². The summed E-state index contributed by atoms with van der Waals surface area (Å²) in [6.07, 6.45) is 1.27. The Balaban J connectivity index is 1.37. The summed E-state index contributed by atoms with van der Waals surface area (Å²) in [4.78, 5) is 53.9. The Morgan fingerprint density at radius 3 is 2.54 bits per heavy atom. The van der Waals surface area contributed by atoms with Crippen LogP contribution in [0.25, 0.3) is 10.8 Å². The first-order valence-electron chi connectivity index (χ1n) is 11.5. The molecule has 0 radical (unpaired) electrons. The van der Waals surface area contributed by atoms with E-state index in [1.807, 2.05) is 30.3 Å².